The Labute approximate surface area is 126 Å². The Morgan fingerprint density at radius 2 is 1.71 bits per heavy atom. The van der Waals surface area contributed by atoms with Crippen LogP contribution in [0, 0.1) is 0 Å². The molecular formula is C17H24N2O2. The molecule has 21 heavy (non-hydrogen) atoms. The lowest BCUT2D eigenvalue weighted by Crippen LogP contribution is -2.41. The first-order chi connectivity index (χ1) is 9.99. The van der Waals surface area contributed by atoms with E-state index in [4.69, 9.17) is 0 Å². The first-order valence-corrected chi connectivity index (χ1v) is 7.65. The summed E-state index contributed by atoms with van der Waals surface area (Å²) in [5.74, 6) is 0.395. The van der Waals surface area contributed by atoms with Crippen molar-refractivity contribution in [3.63, 3.8) is 0 Å². The van der Waals surface area contributed by atoms with Gasteiger partial charge in [-0.05, 0) is 36.5 Å². The molecule has 114 valence electrons. The van der Waals surface area contributed by atoms with Gasteiger partial charge in [0.1, 0.15) is 6.54 Å². The smallest absolute Gasteiger partial charge is 0.242 e. The van der Waals surface area contributed by atoms with Gasteiger partial charge in [0.25, 0.3) is 0 Å². The van der Waals surface area contributed by atoms with E-state index in [1.54, 1.807) is 4.90 Å². The second kappa shape index (κ2) is 6.74. The molecule has 1 fully saturated rings. The fourth-order valence-electron chi connectivity index (χ4n) is 2.63. The van der Waals surface area contributed by atoms with Gasteiger partial charge in [-0.3, -0.25) is 9.59 Å². The molecule has 2 amide bonds. The molecule has 1 heterocycles. The lowest BCUT2D eigenvalue weighted by atomic mass is 10.0. The Kier molecular flexibility index (Phi) is 4.99. The molecule has 1 aromatic rings. The summed E-state index contributed by atoms with van der Waals surface area (Å²) in [5.41, 5.74) is 2.02. The lowest BCUT2D eigenvalue weighted by molar-refractivity contribution is -0.130. The molecule has 0 bridgehead atoms. The second-order valence-corrected chi connectivity index (χ2v) is 5.94. The van der Waals surface area contributed by atoms with Crippen LogP contribution in [-0.2, 0) is 9.59 Å². The summed E-state index contributed by atoms with van der Waals surface area (Å²) in [6.07, 6.45) is 2.13. The molecule has 4 heteroatoms. The Hall–Kier alpha value is -1.84. The zero-order valence-electron chi connectivity index (χ0n) is 13.1. The molecule has 0 saturated carbocycles. The molecule has 0 spiro atoms. The van der Waals surface area contributed by atoms with Crippen molar-refractivity contribution in [3.8, 4) is 0 Å². The SMILES string of the molecule is CC(=O)N(CC(=O)N1CCCC1)c1ccc(C(C)C)cc1. The predicted molar refractivity (Wildman–Crippen MR) is 84.4 cm³/mol. The molecule has 0 atom stereocenters. The molecule has 1 aromatic carbocycles. The molecule has 0 radical (unpaired) electrons. The Morgan fingerprint density at radius 3 is 2.19 bits per heavy atom. The molecule has 0 N–H and O–H groups in total. The Bertz CT molecular complexity index is 502. The van der Waals surface area contributed by atoms with Crippen LogP contribution in [0.15, 0.2) is 24.3 Å². The van der Waals surface area contributed by atoms with E-state index in [1.165, 1.54) is 12.5 Å². The van der Waals surface area contributed by atoms with Crippen LogP contribution >= 0.6 is 0 Å². The summed E-state index contributed by atoms with van der Waals surface area (Å²) in [5, 5.41) is 0. The van der Waals surface area contributed by atoms with E-state index >= 15 is 0 Å². The number of hydrogen-bond donors (Lipinski definition) is 0. The number of carbonyl (C=O) groups excluding carboxylic acids is 2. The lowest BCUT2D eigenvalue weighted by Gasteiger charge is -2.24. The van der Waals surface area contributed by atoms with Crippen molar-refractivity contribution < 1.29 is 9.59 Å². The van der Waals surface area contributed by atoms with Gasteiger partial charge in [-0.15, -0.1) is 0 Å². The molecule has 1 aliphatic rings. The van der Waals surface area contributed by atoms with Gasteiger partial charge in [0, 0.05) is 25.7 Å². The van der Waals surface area contributed by atoms with Crippen LogP contribution in [0.1, 0.15) is 45.1 Å². The molecule has 4 nitrogen and oxygen atoms in total. The average Bonchev–Trinajstić information content (AvgIpc) is 2.98. The number of hydrogen-bond acceptors (Lipinski definition) is 2. The van der Waals surface area contributed by atoms with E-state index in [1.807, 2.05) is 29.2 Å². The normalized spacial score (nSPS) is 14.6. The topological polar surface area (TPSA) is 40.6 Å². The Morgan fingerprint density at radius 1 is 1.14 bits per heavy atom. The minimum atomic E-state index is -0.0974. The van der Waals surface area contributed by atoms with Crippen LogP contribution in [-0.4, -0.2) is 36.3 Å². The maximum Gasteiger partial charge on any atom is 0.242 e. The standard InChI is InChI=1S/C17H24N2O2/c1-13(2)15-6-8-16(9-7-15)19(14(3)20)12-17(21)18-10-4-5-11-18/h6-9,13H,4-5,10-12H2,1-3H3. The van der Waals surface area contributed by atoms with Gasteiger partial charge in [-0.2, -0.15) is 0 Å². The highest BCUT2D eigenvalue weighted by Gasteiger charge is 2.22. The highest BCUT2D eigenvalue weighted by Crippen LogP contribution is 2.20. The number of nitrogens with zero attached hydrogens (tertiary/aromatic N) is 2. The third kappa shape index (κ3) is 3.84. The van der Waals surface area contributed by atoms with Crippen LogP contribution < -0.4 is 4.90 Å². The summed E-state index contributed by atoms with van der Waals surface area (Å²) >= 11 is 0. The molecular weight excluding hydrogens is 264 g/mol. The zero-order chi connectivity index (χ0) is 15.4. The zero-order valence-corrected chi connectivity index (χ0v) is 13.1. The van der Waals surface area contributed by atoms with Crippen LogP contribution in [0.2, 0.25) is 0 Å². The molecule has 2 rings (SSSR count). The van der Waals surface area contributed by atoms with Crippen LogP contribution in [0.4, 0.5) is 5.69 Å². The molecule has 1 aliphatic heterocycles. The van der Waals surface area contributed by atoms with Gasteiger partial charge in [-0.25, -0.2) is 0 Å². The number of likely N-dealkylation sites (tertiary alicyclic amines) is 1. The first kappa shape index (κ1) is 15.5. The predicted octanol–water partition coefficient (Wildman–Crippen LogP) is 2.79. The van der Waals surface area contributed by atoms with E-state index in [2.05, 4.69) is 13.8 Å². The number of carbonyl (C=O) groups is 2. The van der Waals surface area contributed by atoms with Crippen molar-refractivity contribution in [2.24, 2.45) is 0 Å². The number of benzene rings is 1. The van der Waals surface area contributed by atoms with E-state index < -0.39 is 0 Å². The molecule has 1 saturated heterocycles. The third-order valence-corrected chi connectivity index (χ3v) is 4.00. The second-order valence-electron chi connectivity index (χ2n) is 5.94. The molecule has 0 unspecified atom stereocenters. The minimum Gasteiger partial charge on any atom is -0.341 e. The highest BCUT2D eigenvalue weighted by molar-refractivity contribution is 5.97. The van der Waals surface area contributed by atoms with E-state index in [-0.39, 0.29) is 18.4 Å². The summed E-state index contributed by atoms with van der Waals surface area (Å²) < 4.78 is 0. The van der Waals surface area contributed by atoms with Gasteiger partial charge in [0.05, 0.1) is 0 Å². The highest BCUT2D eigenvalue weighted by atomic mass is 16.2. The van der Waals surface area contributed by atoms with Crippen molar-refractivity contribution in [1.29, 1.82) is 0 Å². The largest absolute Gasteiger partial charge is 0.341 e. The van der Waals surface area contributed by atoms with E-state index in [9.17, 15) is 9.59 Å². The summed E-state index contributed by atoms with van der Waals surface area (Å²) in [4.78, 5) is 27.5. The van der Waals surface area contributed by atoms with Crippen LogP contribution in [0.25, 0.3) is 0 Å². The van der Waals surface area contributed by atoms with Crippen LogP contribution in [0.3, 0.4) is 0 Å². The van der Waals surface area contributed by atoms with E-state index in [0.717, 1.165) is 31.6 Å². The number of amides is 2. The maximum absolute atomic E-state index is 12.2. The van der Waals surface area contributed by atoms with Crippen LogP contribution in [0.5, 0.6) is 0 Å². The third-order valence-electron chi connectivity index (χ3n) is 4.00. The van der Waals surface area contributed by atoms with Crippen molar-refractivity contribution in [3.05, 3.63) is 29.8 Å². The molecule has 0 aromatic heterocycles. The monoisotopic (exact) mass is 288 g/mol. The van der Waals surface area contributed by atoms with Gasteiger partial charge in [0.2, 0.25) is 11.8 Å². The van der Waals surface area contributed by atoms with Crippen molar-refractivity contribution in [1.82, 2.24) is 4.90 Å². The van der Waals surface area contributed by atoms with Crippen molar-refractivity contribution >= 4 is 17.5 Å². The quantitative estimate of drug-likeness (QED) is 0.855. The van der Waals surface area contributed by atoms with Gasteiger partial charge in [-0.1, -0.05) is 26.0 Å². The Balaban J connectivity index is 2.11. The molecule has 0 aliphatic carbocycles. The van der Waals surface area contributed by atoms with E-state index in [0.29, 0.717) is 5.92 Å². The number of anilines is 1. The summed E-state index contributed by atoms with van der Waals surface area (Å²) in [6.45, 7) is 7.54. The fraction of sp³-hybridized carbons (Fsp3) is 0.529. The minimum absolute atomic E-state index is 0.0376. The summed E-state index contributed by atoms with van der Waals surface area (Å²) in [7, 11) is 0. The maximum atomic E-state index is 12.2. The van der Waals surface area contributed by atoms with Crippen molar-refractivity contribution in [2.45, 2.75) is 39.5 Å². The van der Waals surface area contributed by atoms with Crippen molar-refractivity contribution in [2.75, 3.05) is 24.5 Å². The van der Waals surface area contributed by atoms with Gasteiger partial charge >= 0.3 is 0 Å². The average molecular weight is 288 g/mol. The van der Waals surface area contributed by atoms with Gasteiger partial charge < -0.3 is 9.80 Å². The fourth-order valence-corrected chi connectivity index (χ4v) is 2.63. The number of rotatable bonds is 4. The summed E-state index contributed by atoms with van der Waals surface area (Å²) in [6, 6.07) is 7.90. The first-order valence-electron chi connectivity index (χ1n) is 7.65. The van der Waals surface area contributed by atoms with Gasteiger partial charge in [0.15, 0.2) is 0 Å².